The number of furan rings is 1. The van der Waals surface area contributed by atoms with Gasteiger partial charge in [0.2, 0.25) is 0 Å². The van der Waals surface area contributed by atoms with Crippen LogP contribution in [-0.4, -0.2) is 20.8 Å². The molecule has 0 fully saturated rings. The van der Waals surface area contributed by atoms with E-state index in [1.54, 1.807) is 12.5 Å². The van der Waals surface area contributed by atoms with Gasteiger partial charge in [0.25, 0.3) is 0 Å². The van der Waals surface area contributed by atoms with Crippen LogP contribution in [0, 0.1) is 0 Å². The molecule has 0 saturated carbocycles. The smallest absolute Gasteiger partial charge is 0.144 e. The summed E-state index contributed by atoms with van der Waals surface area (Å²) in [4.78, 5) is 4.23. The van der Waals surface area contributed by atoms with Gasteiger partial charge in [0, 0.05) is 0 Å². The van der Waals surface area contributed by atoms with E-state index in [4.69, 9.17) is 4.42 Å². The maximum absolute atomic E-state index is 5.12. The first-order chi connectivity index (χ1) is 6.58. The van der Waals surface area contributed by atoms with Crippen molar-refractivity contribution in [2.24, 2.45) is 4.99 Å². The van der Waals surface area contributed by atoms with E-state index >= 15 is 0 Å². The molecule has 0 N–H and O–H groups in total. The monoisotopic (exact) mass is 207 g/mol. The van der Waals surface area contributed by atoms with Crippen LogP contribution < -0.4 is 0 Å². The summed E-state index contributed by atoms with van der Waals surface area (Å²) in [5, 5.41) is 0. The normalized spacial score (nSPS) is 13.1. The van der Waals surface area contributed by atoms with Gasteiger partial charge in [-0.3, -0.25) is 4.99 Å². The molecule has 2 nitrogen and oxygen atoms in total. The molecular formula is C11H17NOSi. The number of hydrogen-bond donors (Lipinski definition) is 0. The fourth-order valence-electron chi connectivity index (χ4n) is 0.975. The average Bonchev–Trinajstić information content (AvgIpc) is 2.54. The molecule has 1 heterocycles. The highest BCUT2D eigenvalue weighted by Gasteiger charge is 2.05. The molecule has 0 aromatic carbocycles. The third-order valence-corrected chi connectivity index (χ3v) is 2.83. The summed E-state index contributed by atoms with van der Waals surface area (Å²) in [6, 6.07) is 3.75. The van der Waals surface area contributed by atoms with E-state index in [0.717, 1.165) is 12.3 Å². The largest absolute Gasteiger partial charge is 0.463 e. The number of hydrogen-bond acceptors (Lipinski definition) is 2. The van der Waals surface area contributed by atoms with Gasteiger partial charge >= 0.3 is 0 Å². The van der Waals surface area contributed by atoms with E-state index < -0.39 is 8.07 Å². The molecule has 3 heteroatoms. The second-order valence-corrected chi connectivity index (χ2v) is 9.34. The van der Waals surface area contributed by atoms with Crippen molar-refractivity contribution in [2.45, 2.75) is 19.6 Å². The van der Waals surface area contributed by atoms with Crippen LogP contribution in [0.3, 0.4) is 0 Å². The summed E-state index contributed by atoms with van der Waals surface area (Å²) in [5.74, 6) is 0.811. The molecule has 1 aromatic heterocycles. The lowest BCUT2D eigenvalue weighted by atomic mass is 10.5. The fourth-order valence-corrected chi connectivity index (χ4v) is 1.79. The second-order valence-electron chi connectivity index (χ2n) is 4.28. The first-order valence-electron chi connectivity index (χ1n) is 4.79. The fraction of sp³-hybridized carbons (Fsp3) is 0.364. The van der Waals surface area contributed by atoms with Crippen LogP contribution in [0.5, 0.6) is 0 Å². The summed E-state index contributed by atoms with van der Waals surface area (Å²) in [7, 11) is -1.05. The molecule has 0 bridgehead atoms. The first kappa shape index (κ1) is 11.0. The number of rotatable bonds is 4. The highest BCUT2D eigenvalue weighted by molar-refractivity contribution is 6.80. The van der Waals surface area contributed by atoms with Crippen molar-refractivity contribution in [3.8, 4) is 0 Å². The molecule has 0 amide bonds. The van der Waals surface area contributed by atoms with E-state index in [2.05, 4.69) is 36.4 Å². The van der Waals surface area contributed by atoms with Crippen LogP contribution in [0.4, 0.5) is 0 Å². The SMILES string of the molecule is C[Si](C)(C)/C=C/CN=Cc1ccco1. The van der Waals surface area contributed by atoms with Gasteiger partial charge in [0.1, 0.15) is 5.76 Å². The predicted octanol–water partition coefficient (Wildman–Crippen LogP) is 3.13. The van der Waals surface area contributed by atoms with Crippen molar-refractivity contribution < 1.29 is 4.42 Å². The zero-order valence-corrected chi connectivity index (χ0v) is 10.0. The van der Waals surface area contributed by atoms with Crippen LogP contribution in [0.1, 0.15) is 5.76 Å². The first-order valence-corrected chi connectivity index (χ1v) is 8.37. The standard InChI is InChI=1S/C11H17NOSi/c1-14(2,3)9-5-7-12-10-11-6-4-8-13-11/h4-6,8-10H,7H2,1-3H3/b9-5+,12-10?. The molecule has 0 aliphatic heterocycles. The maximum Gasteiger partial charge on any atom is 0.144 e. The summed E-state index contributed by atoms with van der Waals surface area (Å²) < 4.78 is 5.12. The lowest BCUT2D eigenvalue weighted by molar-refractivity contribution is 0.560. The molecule has 0 radical (unpaired) electrons. The quantitative estimate of drug-likeness (QED) is 0.550. The molecule has 0 spiro atoms. The zero-order chi connectivity index (χ0) is 10.4. The van der Waals surface area contributed by atoms with Crippen LogP contribution in [0.2, 0.25) is 19.6 Å². The number of aliphatic imine (C=N–C) groups is 1. The van der Waals surface area contributed by atoms with Gasteiger partial charge in [0.05, 0.1) is 27.1 Å². The minimum Gasteiger partial charge on any atom is -0.463 e. The molecule has 0 atom stereocenters. The Morgan fingerprint density at radius 1 is 1.43 bits per heavy atom. The summed E-state index contributed by atoms with van der Waals surface area (Å²) >= 11 is 0. The predicted molar refractivity (Wildman–Crippen MR) is 63.7 cm³/mol. The van der Waals surface area contributed by atoms with Crippen molar-refractivity contribution in [1.29, 1.82) is 0 Å². The Labute approximate surface area is 86.4 Å². The molecule has 76 valence electrons. The third kappa shape index (κ3) is 4.82. The molecule has 1 rings (SSSR count). The van der Waals surface area contributed by atoms with Gasteiger partial charge in [-0.25, -0.2) is 0 Å². The topological polar surface area (TPSA) is 25.5 Å². The summed E-state index contributed by atoms with van der Waals surface area (Å²) in [5.41, 5.74) is 2.30. The van der Waals surface area contributed by atoms with Gasteiger partial charge in [0.15, 0.2) is 0 Å². The van der Waals surface area contributed by atoms with Crippen molar-refractivity contribution in [3.05, 3.63) is 35.9 Å². The Balaban J connectivity index is 2.32. The lowest BCUT2D eigenvalue weighted by Gasteiger charge is -2.06. The second kappa shape index (κ2) is 4.96. The zero-order valence-electron chi connectivity index (χ0n) is 9.03. The van der Waals surface area contributed by atoms with Gasteiger partial charge in [-0.15, -0.1) is 0 Å². The Kier molecular flexibility index (Phi) is 3.89. The van der Waals surface area contributed by atoms with Crippen molar-refractivity contribution >= 4 is 14.3 Å². The van der Waals surface area contributed by atoms with E-state index in [0.29, 0.717) is 0 Å². The Morgan fingerprint density at radius 2 is 2.21 bits per heavy atom. The van der Waals surface area contributed by atoms with Gasteiger partial charge in [-0.05, 0) is 12.1 Å². The summed E-state index contributed by atoms with van der Waals surface area (Å²) in [6.07, 6.45) is 5.54. The third-order valence-electron chi connectivity index (χ3n) is 1.59. The van der Waals surface area contributed by atoms with Crippen LogP contribution in [-0.2, 0) is 0 Å². The number of nitrogens with zero attached hydrogens (tertiary/aromatic N) is 1. The van der Waals surface area contributed by atoms with Crippen LogP contribution in [0.15, 0.2) is 39.6 Å². The van der Waals surface area contributed by atoms with Crippen LogP contribution in [0.25, 0.3) is 0 Å². The van der Waals surface area contributed by atoms with Crippen LogP contribution >= 0.6 is 0 Å². The molecule has 0 aliphatic rings. The van der Waals surface area contributed by atoms with E-state index in [1.807, 2.05) is 12.1 Å². The minimum absolute atomic E-state index is 0.741. The van der Waals surface area contributed by atoms with E-state index in [9.17, 15) is 0 Å². The Bertz CT molecular complexity index is 307. The molecule has 14 heavy (non-hydrogen) atoms. The Hall–Kier alpha value is -1.09. The highest BCUT2D eigenvalue weighted by Crippen LogP contribution is 2.01. The molecule has 0 unspecified atom stereocenters. The average molecular weight is 207 g/mol. The van der Waals surface area contributed by atoms with Crippen molar-refractivity contribution in [2.75, 3.05) is 6.54 Å². The summed E-state index contributed by atoms with van der Waals surface area (Å²) in [6.45, 7) is 7.66. The molecule has 0 aliphatic carbocycles. The lowest BCUT2D eigenvalue weighted by Crippen LogP contribution is -2.15. The van der Waals surface area contributed by atoms with E-state index in [-0.39, 0.29) is 0 Å². The van der Waals surface area contributed by atoms with E-state index in [1.165, 1.54) is 0 Å². The molecular weight excluding hydrogens is 190 g/mol. The van der Waals surface area contributed by atoms with Gasteiger partial charge in [-0.1, -0.05) is 31.4 Å². The molecule has 1 aromatic rings. The van der Waals surface area contributed by atoms with Gasteiger partial charge < -0.3 is 4.42 Å². The highest BCUT2D eigenvalue weighted by atomic mass is 28.3. The molecule has 0 saturated heterocycles. The maximum atomic E-state index is 5.12. The minimum atomic E-state index is -1.05. The Morgan fingerprint density at radius 3 is 2.79 bits per heavy atom. The van der Waals surface area contributed by atoms with Crippen molar-refractivity contribution in [3.63, 3.8) is 0 Å². The van der Waals surface area contributed by atoms with Gasteiger partial charge in [-0.2, -0.15) is 0 Å². The van der Waals surface area contributed by atoms with Crippen molar-refractivity contribution in [1.82, 2.24) is 0 Å².